The SMILES string of the molecule is CCc1ccc(C2=NC(=O)C(=C(C)c3cc(Cl)ccc3O)S2)cc1. The molecule has 1 amide bonds. The first-order chi connectivity index (χ1) is 11.5. The number of aliphatic imine (C=N–C) groups is 1. The van der Waals surface area contributed by atoms with Gasteiger partial charge in [0.25, 0.3) is 5.91 Å². The Balaban J connectivity index is 1.94. The van der Waals surface area contributed by atoms with Crippen molar-refractivity contribution in [2.45, 2.75) is 20.3 Å². The lowest BCUT2D eigenvalue weighted by Crippen LogP contribution is -1.93. The molecule has 0 atom stereocenters. The number of hydrogen-bond acceptors (Lipinski definition) is 3. The van der Waals surface area contributed by atoms with Crippen molar-refractivity contribution < 1.29 is 9.90 Å². The van der Waals surface area contributed by atoms with Crippen molar-refractivity contribution in [1.82, 2.24) is 0 Å². The zero-order valence-corrected chi connectivity index (χ0v) is 14.9. The van der Waals surface area contributed by atoms with Crippen molar-refractivity contribution in [1.29, 1.82) is 0 Å². The minimum Gasteiger partial charge on any atom is -0.507 e. The van der Waals surface area contributed by atoms with Crippen LogP contribution in [-0.2, 0) is 11.2 Å². The lowest BCUT2D eigenvalue weighted by atomic mass is 10.1. The highest BCUT2D eigenvalue weighted by Crippen LogP contribution is 2.38. The molecule has 0 saturated carbocycles. The number of phenols is 1. The summed E-state index contributed by atoms with van der Waals surface area (Å²) in [6, 6.07) is 12.8. The molecule has 5 heteroatoms. The fraction of sp³-hybridized carbons (Fsp3) is 0.158. The highest BCUT2D eigenvalue weighted by molar-refractivity contribution is 8.19. The van der Waals surface area contributed by atoms with Gasteiger partial charge in [0, 0.05) is 16.1 Å². The van der Waals surface area contributed by atoms with Gasteiger partial charge in [-0.1, -0.05) is 54.6 Å². The number of thioether (sulfide) groups is 1. The van der Waals surface area contributed by atoms with E-state index in [1.54, 1.807) is 19.1 Å². The molecule has 0 unspecified atom stereocenters. The van der Waals surface area contributed by atoms with E-state index in [1.807, 2.05) is 24.3 Å². The van der Waals surface area contributed by atoms with Crippen LogP contribution in [0.1, 0.15) is 30.5 Å². The van der Waals surface area contributed by atoms with E-state index < -0.39 is 0 Å². The van der Waals surface area contributed by atoms with Gasteiger partial charge in [0.1, 0.15) is 10.8 Å². The topological polar surface area (TPSA) is 49.7 Å². The number of aryl methyl sites for hydroxylation is 1. The van der Waals surface area contributed by atoms with Gasteiger partial charge < -0.3 is 5.11 Å². The molecule has 3 rings (SSSR count). The molecule has 0 aromatic heterocycles. The number of carbonyl (C=O) groups is 1. The monoisotopic (exact) mass is 357 g/mol. The van der Waals surface area contributed by atoms with E-state index in [0.29, 0.717) is 26.1 Å². The second-order valence-corrected chi connectivity index (χ2v) is 6.93. The number of aromatic hydroxyl groups is 1. The lowest BCUT2D eigenvalue weighted by Gasteiger charge is -2.08. The maximum absolute atomic E-state index is 12.3. The van der Waals surface area contributed by atoms with E-state index in [-0.39, 0.29) is 11.7 Å². The fourth-order valence-electron chi connectivity index (χ4n) is 2.48. The molecule has 0 spiro atoms. The first kappa shape index (κ1) is 16.8. The van der Waals surface area contributed by atoms with Crippen LogP contribution >= 0.6 is 23.4 Å². The molecule has 2 aromatic carbocycles. The maximum Gasteiger partial charge on any atom is 0.285 e. The van der Waals surface area contributed by atoms with Crippen LogP contribution in [0.5, 0.6) is 5.75 Å². The predicted octanol–water partition coefficient (Wildman–Crippen LogP) is 5.06. The molecule has 0 saturated heterocycles. The molecular weight excluding hydrogens is 342 g/mol. The normalized spacial score (nSPS) is 16.3. The Morgan fingerprint density at radius 1 is 1.21 bits per heavy atom. The summed E-state index contributed by atoms with van der Waals surface area (Å²) in [5, 5.41) is 11.2. The second-order valence-electron chi connectivity index (χ2n) is 5.49. The summed E-state index contributed by atoms with van der Waals surface area (Å²) in [5.74, 6) is -0.190. The number of amides is 1. The molecule has 0 bridgehead atoms. The Hall–Kier alpha value is -2.04. The van der Waals surface area contributed by atoms with Crippen LogP contribution in [0.2, 0.25) is 5.02 Å². The molecule has 3 nitrogen and oxygen atoms in total. The summed E-state index contributed by atoms with van der Waals surface area (Å²) in [7, 11) is 0. The lowest BCUT2D eigenvalue weighted by molar-refractivity contribution is -0.113. The third kappa shape index (κ3) is 3.25. The molecule has 0 fully saturated rings. The van der Waals surface area contributed by atoms with E-state index in [1.165, 1.54) is 23.4 Å². The maximum atomic E-state index is 12.3. The predicted molar refractivity (Wildman–Crippen MR) is 101 cm³/mol. The van der Waals surface area contributed by atoms with Gasteiger partial charge >= 0.3 is 0 Å². The summed E-state index contributed by atoms with van der Waals surface area (Å²) in [6.45, 7) is 3.90. The smallest absolute Gasteiger partial charge is 0.285 e. The van der Waals surface area contributed by atoms with Gasteiger partial charge in [0.15, 0.2) is 0 Å². The van der Waals surface area contributed by atoms with Gasteiger partial charge in [-0.3, -0.25) is 4.79 Å². The second kappa shape index (κ2) is 6.83. The van der Waals surface area contributed by atoms with Crippen LogP contribution in [0.3, 0.4) is 0 Å². The molecule has 1 N–H and O–H groups in total. The average molecular weight is 358 g/mol. The number of hydrogen-bond donors (Lipinski definition) is 1. The summed E-state index contributed by atoms with van der Waals surface area (Å²) < 4.78 is 0. The highest BCUT2D eigenvalue weighted by atomic mass is 35.5. The van der Waals surface area contributed by atoms with Gasteiger partial charge in [-0.05, 0) is 42.7 Å². The van der Waals surface area contributed by atoms with E-state index >= 15 is 0 Å². The standard InChI is InChI=1S/C19H16ClNO2S/c1-3-12-4-6-13(7-5-12)19-21-18(23)17(24-19)11(2)15-10-14(20)8-9-16(15)22/h4-10,22H,3H2,1-2H3. The number of benzene rings is 2. The number of nitrogens with zero attached hydrogens (tertiary/aromatic N) is 1. The van der Waals surface area contributed by atoms with Crippen molar-refractivity contribution in [3.8, 4) is 5.75 Å². The number of allylic oxidation sites excluding steroid dienone is 1. The number of rotatable bonds is 3. The molecule has 122 valence electrons. The Morgan fingerprint density at radius 2 is 1.92 bits per heavy atom. The number of carbonyl (C=O) groups excluding carboxylic acids is 1. The Bertz CT molecular complexity index is 869. The molecular formula is C19H16ClNO2S. The Labute approximate surface area is 150 Å². The summed E-state index contributed by atoms with van der Waals surface area (Å²) in [4.78, 5) is 17.0. The largest absolute Gasteiger partial charge is 0.507 e. The van der Waals surface area contributed by atoms with Crippen LogP contribution in [0.4, 0.5) is 0 Å². The van der Waals surface area contributed by atoms with Crippen molar-refractivity contribution in [3.05, 3.63) is 69.1 Å². The van der Waals surface area contributed by atoms with Crippen LogP contribution in [0.15, 0.2) is 52.4 Å². The molecule has 1 aliphatic rings. The summed E-state index contributed by atoms with van der Waals surface area (Å²) in [5.41, 5.74) is 3.39. The Kier molecular flexibility index (Phi) is 4.78. The van der Waals surface area contributed by atoms with Gasteiger partial charge in [0.2, 0.25) is 0 Å². The van der Waals surface area contributed by atoms with Crippen molar-refractivity contribution >= 4 is 39.9 Å². The van der Waals surface area contributed by atoms with E-state index in [9.17, 15) is 9.90 Å². The fourth-order valence-corrected chi connectivity index (χ4v) is 3.62. The molecule has 24 heavy (non-hydrogen) atoms. The van der Waals surface area contributed by atoms with Crippen LogP contribution in [-0.4, -0.2) is 16.1 Å². The minimum absolute atomic E-state index is 0.0959. The van der Waals surface area contributed by atoms with Crippen molar-refractivity contribution in [2.75, 3.05) is 0 Å². The summed E-state index contributed by atoms with van der Waals surface area (Å²) >= 11 is 7.33. The first-order valence-electron chi connectivity index (χ1n) is 7.59. The highest BCUT2D eigenvalue weighted by Gasteiger charge is 2.26. The molecule has 0 radical (unpaired) electrons. The average Bonchev–Trinajstić information content (AvgIpc) is 2.98. The van der Waals surface area contributed by atoms with Gasteiger partial charge in [-0.25, -0.2) is 4.99 Å². The molecule has 2 aromatic rings. The Morgan fingerprint density at radius 3 is 2.58 bits per heavy atom. The minimum atomic E-state index is -0.286. The third-order valence-electron chi connectivity index (χ3n) is 3.91. The van der Waals surface area contributed by atoms with E-state index in [0.717, 1.165) is 12.0 Å². The zero-order chi connectivity index (χ0) is 17.3. The first-order valence-corrected chi connectivity index (χ1v) is 8.79. The third-order valence-corrected chi connectivity index (χ3v) is 5.35. The molecule has 1 heterocycles. The van der Waals surface area contributed by atoms with E-state index in [2.05, 4.69) is 11.9 Å². The van der Waals surface area contributed by atoms with Gasteiger partial charge in [-0.15, -0.1) is 0 Å². The van der Waals surface area contributed by atoms with Crippen molar-refractivity contribution in [3.63, 3.8) is 0 Å². The quantitative estimate of drug-likeness (QED) is 0.781. The van der Waals surface area contributed by atoms with Crippen molar-refractivity contribution in [2.24, 2.45) is 4.99 Å². The van der Waals surface area contributed by atoms with Crippen LogP contribution < -0.4 is 0 Å². The van der Waals surface area contributed by atoms with E-state index in [4.69, 9.17) is 11.6 Å². The number of phenolic OH excluding ortho intramolecular Hbond substituents is 1. The van der Waals surface area contributed by atoms with Crippen LogP contribution in [0, 0.1) is 0 Å². The van der Waals surface area contributed by atoms with Crippen LogP contribution in [0.25, 0.3) is 5.57 Å². The summed E-state index contributed by atoms with van der Waals surface area (Å²) in [6.07, 6.45) is 0.969. The number of halogens is 1. The molecule has 0 aliphatic carbocycles. The van der Waals surface area contributed by atoms with Gasteiger partial charge in [-0.2, -0.15) is 0 Å². The van der Waals surface area contributed by atoms with Gasteiger partial charge in [0.05, 0.1) is 4.91 Å². The molecule has 1 aliphatic heterocycles. The zero-order valence-electron chi connectivity index (χ0n) is 13.3.